The third-order valence-electron chi connectivity index (χ3n) is 5.02. The summed E-state index contributed by atoms with van der Waals surface area (Å²) in [7, 11) is 1.49. The molecule has 1 atom stereocenters. The van der Waals surface area contributed by atoms with E-state index in [9.17, 15) is 19.7 Å². The Morgan fingerprint density at radius 2 is 1.81 bits per heavy atom. The molecule has 0 radical (unpaired) electrons. The van der Waals surface area contributed by atoms with Crippen LogP contribution in [0.25, 0.3) is 21.9 Å². The van der Waals surface area contributed by atoms with Crippen LogP contribution in [-0.4, -0.2) is 29.9 Å². The summed E-state index contributed by atoms with van der Waals surface area (Å²) in [5.41, 5.74) is 1.56. The van der Waals surface area contributed by atoms with Gasteiger partial charge in [-0.15, -0.1) is 0 Å². The standard InChI is InChI=1S/C23H19N3O6/c1-13(24-23(28)14-6-5-7-15(10-14)26(29)30)22(27)25-18-12-20-17(11-21(18)31-2)16-8-3-4-9-19(16)32-20/h3-13H,1-2H3,(H,24,28)(H,25,27). The van der Waals surface area contributed by atoms with Gasteiger partial charge in [-0.05, 0) is 25.1 Å². The first kappa shape index (κ1) is 20.9. The maximum Gasteiger partial charge on any atom is 0.270 e. The van der Waals surface area contributed by atoms with Gasteiger partial charge >= 0.3 is 0 Å². The number of carbonyl (C=O) groups is 2. The molecule has 1 unspecified atom stereocenters. The number of ether oxygens (including phenoxy) is 1. The van der Waals surface area contributed by atoms with E-state index >= 15 is 0 Å². The number of hydrogen-bond acceptors (Lipinski definition) is 6. The molecule has 32 heavy (non-hydrogen) atoms. The number of rotatable bonds is 6. The number of furan rings is 1. The van der Waals surface area contributed by atoms with Gasteiger partial charge in [-0.25, -0.2) is 0 Å². The Labute approximate surface area is 182 Å². The van der Waals surface area contributed by atoms with Crippen molar-refractivity contribution in [2.24, 2.45) is 0 Å². The molecule has 1 heterocycles. The lowest BCUT2D eigenvalue weighted by atomic mass is 10.1. The monoisotopic (exact) mass is 433 g/mol. The summed E-state index contributed by atoms with van der Waals surface area (Å²) in [4.78, 5) is 35.5. The molecule has 4 rings (SSSR count). The number of anilines is 1. The van der Waals surface area contributed by atoms with Crippen LogP contribution in [-0.2, 0) is 4.79 Å². The van der Waals surface area contributed by atoms with Crippen molar-refractivity contribution < 1.29 is 23.7 Å². The number of carbonyl (C=O) groups excluding carboxylic acids is 2. The van der Waals surface area contributed by atoms with Gasteiger partial charge in [0.05, 0.1) is 17.7 Å². The predicted octanol–water partition coefficient (Wildman–Crippen LogP) is 4.26. The number of methoxy groups -OCH3 is 1. The maximum absolute atomic E-state index is 12.7. The van der Waals surface area contributed by atoms with Crippen LogP contribution in [0.1, 0.15) is 17.3 Å². The SMILES string of the molecule is COc1cc2c(cc1NC(=O)C(C)NC(=O)c1cccc([N+](=O)[O-])c1)oc1ccccc12. The molecule has 0 saturated carbocycles. The van der Waals surface area contributed by atoms with E-state index in [4.69, 9.17) is 9.15 Å². The van der Waals surface area contributed by atoms with E-state index < -0.39 is 22.8 Å². The lowest BCUT2D eigenvalue weighted by molar-refractivity contribution is -0.384. The Kier molecular flexibility index (Phi) is 5.46. The highest BCUT2D eigenvalue weighted by molar-refractivity contribution is 6.08. The second-order valence-corrected chi connectivity index (χ2v) is 7.14. The number of nitrogens with one attached hydrogen (secondary N) is 2. The van der Waals surface area contributed by atoms with Crippen LogP contribution < -0.4 is 15.4 Å². The predicted molar refractivity (Wildman–Crippen MR) is 119 cm³/mol. The van der Waals surface area contributed by atoms with E-state index in [0.717, 1.165) is 16.8 Å². The number of hydrogen-bond donors (Lipinski definition) is 2. The fourth-order valence-electron chi connectivity index (χ4n) is 3.37. The number of nitro groups is 1. The minimum Gasteiger partial charge on any atom is -0.495 e. The molecule has 162 valence electrons. The van der Waals surface area contributed by atoms with E-state index in [2.05, 4.69) is 10.6 Å². The quantitative estimate of drug-likeness (QED) is 0.346. The number of amides is 2. The Hall–Kier alpha value is -4.40. The van der Waals surface area contributed by atoms with Crippen molar-refractivity contribution in [3.8, 4) is 5.75 Å². The Morgan fingerprint density at radius 1 is 1.03 bits per heavy atom. The van der Waals surface area contributed by atoms with Crippen molar-refractivity contribution in [2.75, 3.05) is 12.4 Å². The number of nitro benzene ring substituents is 1. The van der Waals surface area contributed by atoms with E-state index in [0.29, 0.717) is 22.6 Å². The number of fused-ring (bicyclic) bond motifs is 3. The fraction of sp³-hybridized carbons (Fsp3) is 0.130. The van der Waals surface area contributed by atoms with Crippen molar-refractivity contribution >= 4 is 45.1 Å². The Morgan fingerprint density at radius 3 is 2.56 bits per heavy atom. The molecule has 9 heteroatoms. The van der Waals surface area contributed by atoms with Crippen molar-refractivity contribution in [3.63, 3.8) is 0 Å². The third kappa shape index (κ3) is 3.95. The van der Waals surface area contributed by atoms with Gasteiger partial charge in [0.2, 0.25) is 5.91 Å². The minimum atomic E-state index is -0.919. The van der Waals surface area contributed by atoms with Crippen LogP contribution in [0.15, 0.2) is 65.1 Å². The van der Waals surface area contributed by atoms with Gasteiger partial charge < -0.3 is 19.8 Å². The highest BCUT2D eigenvalue weighted by atomic mass is 16.6. The molecule has 0 bridgehead atoms. The molecule has 0 saturated heterocycles. The van der Waals surface area contributed by atoms with E-state index in [1.807, 2.05) is 24.3 Å². The number of non-ortho nitro benzene ring substituents is 1. The summed E-state index contributed by atoms with van der Waals surface area (Å²) in [6.07, 6.45) is 0. The van der Waals surface area contributed by atoms with Crippen LogP contribution in [0.5, 0.6) is 5.75 Å². The van der Waals surface area contributed by atoms with Gasteiger partial charge in [0.1, 0.15) is 23.0 Å². The summed E-state index contributed by atoms with van der Waals surface area (Å²) >= 11 is 0. The number of benzene rings is 3. The highest BCUT2D eigenvalue weighted by Gasteiger charge is 2.20. The fourth-order valence-corrected chi connectivity index (χ4v) is 3.37. The molecule has 1 aromatic heterocycles. The number of nitrogens with zero attached hydrogens (tertiary/aromatic N) is 1. The number of para-hydroxylation sites is 1. The molecule has 4 aromatic rings. The lowest BCUT2D eigenvalue weighted by Crippen LogP contribution is -2.41. The molecule has 9 nitrogen and oxygen atoms in total. The molecular weight excluding hydrogens is 414 g/mol. The molecule has 0 aliphatic heterocycles. The molecule has 3 aromatic carbocycles. The average molecular weight is 433 g/mol. The van der Waals surface area contributed by atoms with Gasteiger partial charge in [-0.3, -0.25) is 19.7 Å². The molecule has 2 N–H and O–H groups in total. The van der Waals surface area contributed by atoms with Crippen molar-refractivity contribution in [1.29, 1.82) is 0 Å². The zero-order valence-electron chi connectivity index (χ0n) is 17.2. The summed E-state index contributed by atoms with van der Waals surface area (Å²) in [6, 6.07) is 15.4. The molecule has 2 amide bonds. The second kappa shape index (κ2) is 8.38. The summed E-state index contributed by atoms with van der Waals surface area (Å²) < 4.78 is 11.3. The topological polar surface area (TPSA) is 124 Å². The summed E-state index contributed by atoms with van der Waals surface area (Å²) in [6.45, 7) is 1.51. The zero-order chi connectivity index (χ0) is 22.8. The smallest absolute Gasteiger partial charge is 0.270 e. The summed E-state index contributed by atoms with van der Waals surface area (Å²) in [5, 5.41) is 18.0. The van der Waals surface area contributed by atoms with Gasteiger partial charge in [0.15, 0.2) is 0 Å². The van der Waals surface area contributed by atoms with Crippen molar-refractivity contribution in [3.05, 3.63) is 76.3 Å². The van der Waals surface area contributed by atoms with Crippen molar-refractivity contribution in [2.45, 2.75) is 13.0 Å². The first-order valence-electron chi connectivity index (χ1n) is 9.73. The van der Waals surface area contributed by atoms with Gasteiger partial charge in [0, 0.05) is 34.5 Å². The van der Waals surface area contributed by atoms with E-state index in [1.165, 1.54) is 32.2 Å². The molecule has 0 aliphatic rings. The van der Waals surface area contributed by atoms with Crippen LogP contribution in [0.2, 0.25) is 0 Å². The highest BCUT2D eigenvalue weighted by Crippen LogP contribution is 2.36. The van der Waals surface area contributed by atoms with Crippen LogP contribution >= 0.6 is 0 Å². The molecule has 0 spiro atoms. The van der Waals surface area contributed by atoms with E-state index in [1.54, 1.807) is 12.1 Å². The average Bonchev–Trinajstić information content (AvgIpc) is 3.15. The summed E-state index contributed by atoms with van der Waals surface area (Å²) in [5.74, 6) is -0.650. The first-order chi connectivity index (χ1) is 15.4. The van der Waals surface area contributed by atoms with Crippen LogP contribution in [0.3, 0.4) is 0 Å². The molecular formula is C23H19N3O6. The zero-order valence-corrected chi connectivity index (χ0v) is 17.2. The maximum atomic E-state index is 12.7. The minimum absolute atomic E-state index is 0.0834. The third-order valence-corrected chi connectivity index (χ3v) is 5.02. The second-order valence-electron chi connectivity index (χ2n) is 7.14. The van der Waals surface area contributed by atoms with E-state index in [-0.39, 0.29) is 11.3 Å². The van der Waals surface area contributed by atoms with Gasteiger partial charge in [-0.1, -0.05) is 24.3 Å². The van der Waals surface area contributed by atoms with Gasteiger partial charge in [0.25, 0.3) is 11.6 Å². The molecule has 0 aliphatic carbocycles. The normalized spacial score (nSPS) is 11.8. The first-order valence-corrected chi connectivity index (χ1v) is 9.73. The van der Waals surface area contributed by atoms with Crippen molar-refractivity contribution in [1.82, 2.24) is 5.32 Å². The van der Waals surface area contributed by atoms with Crippen LogP contribution in [0.4, 0.5) is 11.4 Å². The van der Waals surface area contributed by atoms with Crippen LogP contribution in [0, 0.1) is 10.1 Å². The Bertz CT molecular complexity index is 1360. The lowest BCUT2D eigenvalue weighted by Gasteiger charge is -2.16. The largest absolute Gasteiger partial charge is 0.495 e. The molecule has 0 fully saturated rings. The Balaban J connectivity index is 1.53. The van der Waals surface area contributed by atoms with Gasteiger partial charge in [-0.2, -0.15) is 0 Å².